The van der Waals surface area contributed by atoms with E-state index in [1.54, 1.807) is 26.4 Å². The molecule has 1 heterocycles. The van der Waals surface area contributed by atoms with Gasteiger partial charge >= 0.3 is 0 Å². The molecular weight excluding hydrogens is 346 g/mol. The van der Waals surface area contributed by atoms with Crippen molar-refractivity contribution in [2.24, 2.45) is 5.41 Å². The first kappa shape index (κ1) is 21.1. The molecule has 6 nitrogen and oxygen atoms in total. The molecule has 1 aromatic rings. The summed E-state index contributed by atoms with van der Waals surface area (Å²) in [4.78, 5) is 15.1. The monoisotopic (exact) mass is 377 g/mol. The molecule has 0 aliphatic carbocycles. The summed E-state index contributed by atoms with van der Waals surface area (Å²) in [7, 11) is 7.01. The fourth-order valence-electron chi connectivity index (χ4n) is 2.99. The molecule has 150 valence electrons. The number of ketones is 1. The summed E-state index contributed by atoms with van der Waals surface area (Å²) in [6.45, 7) is 7.29. The number of Topliss-reactive ketones (excluding diaryl/α,β-unsaturated/α-hetero) is 1. The lowest BCUT2D eigenvalue weighted by atomic mass is 9.80. The lowest BCUT2D eigenvalue weighted by molar-refractivity contribution is 0.0785. The van der Waals surface area contributed by atoms with E-state index in [1.807, 2.05) is 25.2 Å². The largest absolute Gasteiger partial charge is 0.493 e. The van der Waals surface area contributed by atoms with Gasteiger partial charge in [-0.1, -0.05) is 20.8 Å². The predicted octanol–water partition coefficient (Wildman–Crippen LogP) is 3.55. The van der Waals surface area contributed by atoms with Gasteiger partial charge in [-0.15, -0.1) is 0 Å². The van der Waals surface area contributed by atoms with Gasteiger partial charge < -0.3 is 23.8 Å². The van der Waals surface area contributed by atoms with Crippen LogP contribution in [0.15, 0.2) is 23.9 Å². The average molecular weight is 377 g/mol. The highest BCUT2D eigenvalue weighted by Gasteiger charge is 2.40. The van der Waals surface area contributed by atoms with E-state index in [-0.39, 0.29) is 17.3 Å². The number of rotatable bonds is 7. The van der Waals surface area contributed by atoms with Gasteiger partial charge in [0, 0.05) is 51.9 Å². The Bertz CT molecular complexity index is 703. The van der Waals surface area contributed by atoms with E-state index in [9.17, 15) is 4.79 Å². The molecule has 2 rings (SSSR count). The molecule has 1 aliphatic rings. The number of methoxy groups -OCH3 is 2. The number of hydrogen-bond donors (Lipinski definition) is 0. The summed E-state index contributed by atoms with van der Waals surface area (Å²) >= 11 is 0. The topological polar surface area (TPSA) is 57.2 Å². The first-order valence-electron chi connectivity index (χ1n) is 9.12. The molecule has 0 saturated carbocycles. The van der Waals surface area contributed by atoms with Crippen LogP contribution >= 0.6 is 0 Å². The van der Waals surface area contributed by atoms with Crippen molar-refractivity contribution in [3.8, 4) is 17.2 Å². The third-order valence-electron chi connectivity index (χ3n) is 4.23. The molecular formula is C21H31NO5. The number of hydrogen-bond acceptors (Lipinski definition) is 6. The van der Waals surface area contributed by atoms with Gasteiger partial charge in [0.25, 0.3) is 0 Å². The molecule has 27 heavy (non-hydrogen) atoms. The minimum Gasteiger partial charge on any atom is -0.493 e. The third-order valence-corrected chi connectivity index (χ3v) is 4.23. The Morgan fingerprint density at radius 1 is 1.15 bits per heavy atom. The summed E-state index contributed by atoms with van der Waals surface area (Å²) < 4.78 is 22.6. The van der Waals surface area contributed by atoms with Gasteiger partial charge in [-0.2, -0.15) is 0 Å². The van der Waals surface area contributed by atoms with E-state index in [0.717, 1.165) is 6.42 Å². The SMILES string of the molecule is COCCCOc1cc2c(cc1OC)C(=O)C(=CN(C)C)C(C(C)(C)C)O2. The molecule has 0 fully saturated rings. The molecule has 0 bridgehead atoms. The standard InChI is InChI=1S/C21H31NO5/c1-21(2,3)20-15(13-22(4)5)19(23)14-11-17(25-7)18(12-16(14)27-20)26-10-8-9-24-6/h11-13,20H,8-10H2,1-7H3. The summed E-state index contributed by atoms with van der Waals surface area (Å²) in [5.74, 6) is 1.56. The van der Waals surface area contributed by atoms with Gasteiger partial charge in [0.15, 0.2) is 17.3 Å². The Kier molecular flexibility index (Phi) is 6.76. The Balaban J connectivity index is 2.43. The number of nitrogens with zero attached hydrogens (tertiary/aromatic N) is 1. The minimum absolute atomic E-state index is 0.0471. The normalized spacial score (nSPS) is 18.1. The second kappa shape index (κ2) is 8.65. The summed E-state index contributed by atoms with van der Waals surface area (Å²) in [5, 5.41) is 0. The first-order valence-corrected chi connectivity index (χ1v) is 9.12. The van der Waals surface area contributed by atoms with E-state index < -0.39 is 0 Å². The molecule has 1 aliphatic heterocycles. The fraction of sp³-hybridized carbons (Fsp3) is 0.571. The van der Waals surface area contributed by atoms with Crippen molar-refractivity contribution in [1.29, 1.82) is 0 Å². The van der Waals surface area contributed by atoms with Crippen molar-refractivity contribution in [1.82, 2.24) is 4.90 Å². The highest BCUT2D eigenvalue weighted by molar-refractivity contribution is 6.12. The molecule has 0 spiro atoms. The summed E-state index contributed by atoms with van der Waals surface area (Å²) in [6.07, 6.45) is 2.24. The second-order valence-corrected chi connectivity index (χ2v) is 7.94. The zero-order valence-electron chi connectivity index (χ0n) is 17.4. The zero-order chi connectivity index (χ0) is 20.2. The second-order valence-electron chi connectivity index (χ2n) is 7.94. The van der Waals surface area contributed by atoms with E-state index in [4.69, 9.17) is 18.9 Å². The molecule has 1 aromatic carbocycles. The Morgan fingerprint density at radius 3 is 2.41 bits per heavy atom. The number of ether oxygens (including phenoxy) is 4. The van der Waals surface area contributed by atoms with Crippen molar-refractivity contribution in [2.45, 2.75) is 33.3 Å². The molecule has 0 aromatic heterocycles. The smallest absolute Gasteiger partial charge is 0.198 e. The van der Waals surface area contributed by atoms with Gasteiger partial charge in [-0.05, 0) is 6.07 Å². The molecule has 1 atom stereocenters. The zero-order valence-corrected chi connectivity index (χ0v) is 17.4. The fourth-order valence-corrected chi connectivity index (χ4v) is 2.99. The Morgan fingerprint density at radius 2 is 1.85 bits per heavy atom. The summed E-state index contributed by atoms with van der Waals surface area (Å²) in [6, 6.07) is 3.45. The molecule has 0 saturated heterocycles. The van der Waals surface area contributed by atoms with Crippen LogP contribution in [0.4, 0.5) is 0 Å². The minimum atomic E-state index is -0.352. The van der Waals surface area contributed by atoms with Crippen LogP contribution in [0, 0.1) is 5.41 Å². The van der Waals surface area contributed by atoms with E-state index >= 15 is 0 Å². The predicted molar refractivity (Wildman–Crippen MR) is 105 cm³/mol. The van der Waals surface area contributed by atoms with Crippen molar-refractivity contribution >= 4 is 5.78 Å². The maximum Gasteiger partial charge on any atom is 0.198 e. The van der Waals surface area contributed by atoms with Crippen LogP contribution in [-0.2, 0) is 4.74 Å². The van der Waals surface area contributed by atoms with Gasteiger partial charge in [0.05, 0.1) is 24.9 Å². The van der Waals surface area contributed by atoms with Crippen molar-refractivity contribution in [3.05, 3.63) is 29.5 Å². The first-order chi connectivity index (χ1) is 12.7. The highest BCUT2D eigenvalue weighted by Crippen LogP contribution is 2.43. The third kappa shape index (κ3) is 4.95. The molecule has 0 radical (unpaired) electrons. The molecule has 6 heteroatoms. The van der Waals surface area contributed by atoms with Gasteiger partial charge in [0.1, 0.15) is 11.9 Å². The Hall–Kier alpha value is -2.21. The number of benzene rings is 1. The molecule has 0 amide bonds. The van der Waals surface area contributed by atoms with Gasteiger partial charge in [-0.3, -0.25) is 4.79 Å². The van der Waals surface area contributed by atoms with Crippen LogP contribution < -0.4 is 14.2 Å². The van der Waals surface area contributed by atoms with E-state index in [1.165, 1.54) is 0 Å². The molecule has 0 N–H and O–H groups in total. The van der Waals surface area contributed by atoms with Crippen molar-refractivity contribution in [2.75, 3.05) is 41.5 Å². The van der Waals surface area contributed by atoms with E-state index in [2.05, 4.69) is 20.8 Å². The number of carbonyl (C=O) groups is 1. The van der Waals surface area contributed by atoms with Crippen molar-refractivity contribution < 1.29 is 23.7 Å². The quantitative estimate of drug-likeness (QED) is 0.535. The Labute approximate surface area is 162 Å². The highest BCUT2D eigenvalue weighted by atomic mass is 16.5. The maximum atomic E-state index is 13.2. The summed E-state index contributed by atoms with van der Waals surface area (Å²) in [5.41, 5.74) is 0.884. The lowest BCUT2D eigenvalue weighted by Crippen LogP contribution is -2.40. The van der Waals surface area contributed by atoms with Crippen molar-refractivity contribution in [3.63, 3.8) is 0 Å². The van der Waals surface area contributed by atoms with Crippen LogP contribution in [0.1, 0.15) is 37.6 Å². The number of fused-ring (bicyclic) bond motifs is 1. The van der Waals surface area contributed by atoms with Crippen LogP contribution in [-0.4, -0.2) is 58.3 Å². The number of carbonyl (C=O) groups excluding carboxylic acids is 1. The van der Waals surface area contributed by atoms with Gasteiger partial charge in [-0.25, -0.2) is 0 Å². The van der Waals surface area contributed by atoms with Crippen LogP contribution in [0.25, 0.3) is 0 Å². The van der Waals surface area contributed by atoms with Crippen LogP contribution in [0.3, 0.4) is 0 Å². The average Bonchev–Trinajstić information content (AvgIpc) is 2.59. The van der Waals surface area contributed by atoms with Crippen LogP contribution in [0.5, 0.6) is 17.2 Å². The van der Waals surface area contributed by atoms with Gasteiger partial charge in [0.2, 0.25) is 0 Å². The van der Waals surface area contributed by atoms with E-state index in [0.29, 0.717) is 41.6 Å². The molecule has 1 unspecified atom stereocenters. The maximum absolute atomic E-state index is 13.2. The van der Waals surface area contributed by atoms with Crippen LogP contribution in [0.2, 0.25) is 0 Å². The lowest BCUT2D eigenvalue weighted by Gasteiger charge is -2.37.